The summed E-state index contributed by atoms with van der Waals surface area (Å²) in [6.07, 6.45) is 2.18. The van der Waals surface area contributed by atoms with Crippen LogP contribution in [0.4, 0.5) is 0 Å². The lowest BCUT2D eigenvalue weighted by atomic mass is 9.82. The van der Waals surface area contributed by atoms with Crippen molar-refractivity contribution >= 4 is 35.8 Å². The Labute approximate surface area is 192 Å². The van der Waals surface area contributed by atoms with Crippen LogP contribution in [-0.4, -0.2) is 75.2 Å². The number of carbonyl (C=O) groups is 1. The van der Waals surface area contributed by atoms with E-state index in [2.05, 4.69) is 52.5 Å². The van der Waals surface area contributed by atoms with Crippen molar-refractivity contribution in [1.29, 1.82) is 0 Å². The number of hydrogen-bond acceptors (Lipinski definition) is 3. The van der Waals surface area contributed by atoms with E-state index in [-0.39, 0.29) is 36.4 Å². The molecule has 1 amide bonds. The van der Waals surface area contributed by atoms with E-state index in [9.17, 15) is 4.79 Å². The lowest BCUT2D eigenvalue weighted by Gasteiger charge is -2.39. The molecule has 0 bridgehead atoms. The van der Waals surface area contributed by atoms with Gasteiger partial charge in [0, 0.05) is 46.3 Å². The molecule has 2 aliphatic heterocycles. The van der Waals surface area contributed by atoms with Gasteiger partial charge in [-0.1, -0.05) is 37.3 Å². The minimum absolute atomic E-state index is 0. The van der Waals surface area contributed by atoms with E-state index < -0.39 is 0 Å². The Kier molecular flexibility index (Phi) is 9.68. The van der Waals surface area contributed by atoms with E-state index in [1.807, 2.05) is 0 Å². The van der Waals surface area contributed by atoms with Gasteiger partial charge in [-0.05, 0) is 30.2 Å². The molecule has 1 aromatic carbocycles. The molecule has 3 unspecified atom stereocenters. The maximum Gasteiger partial charge on any atom is 0.243 e. The Morgan fingerprint density at radius 2 is 2.03 bits per heavy atom. The van der Waals surface area contributed by atoms with Crippen LogP contribution in [0.3, 0.4) is 0 Å². The van der Waals surface area contributed by atoms with Crippen LogP contribution in [0.15, 0.2) is 35.3 Å². The van der Waals surface area contributed by atoms with Gasteiger partial charge in [0.15, 0.2) is 5.96 Å². The number of guanidine groups is 1. The Bertz CT molecular complexity index is 662. The van der Waals surface area contributed by atoms with Crippen molar-refractivity contribution in [2.75, 3.05) is 53.5 Å². The predicted molar refractivity (Wildman–Crippen MR) is 128 cm³/mol. The van der Waals surface area contributed by atoms with Gasteiger partial charge in [-0.25, -0.2) is 4.99 Å². The molecule has 0 aromatic heterocycles. The smallest absolute Gasteiger partial charge is 0.243 e. The highest BCUT2D eigenvalue weighted by Gasteiger charge is 2.29. The van der Waals surface area contributed by atoms with E-state index in [1.165, 1.54) is 5.56 Å². The summed E-state index contributed by atoms with van der Waals surface area (Å²) in [7, 11) is 3.54. The first-order valence-corrected chi connectivity index (χ1v) is 10.4. The molecule has 29 heavy (non-hydrogen) atoms. The molecule has 0 radical (unpaired) electrons. The third-order valence-corrected chi connectivity index (χ3v) is 5.87. The summed E-state index contributed by atoms with van der Waals surface area (Å²) in [6, 6.07) is 10.8. The largest absolute Gasteiger partial charge is 0.381 e. The lowest BCUT2D eigenvalue weighted by molar-refractivity contribution is -0.127. The number of halogens is 1. The number of aliphatic imine (C=N–C) groups is 1. The molecule has 2 aliphatic rings. The highest BCUT2D eigenvalue weighted by atomic mass is 127. The van der Waals surface area contributed by atoms with Gasteiger partial charge in [0.05, 0.1) is 6.61 Å². The zero-order chi connectivity index (χ0) is 19.9. The number of likely N-dealkylation sites (N-methyl/N-ethyl adjacent to an activating group) is 1. The van der Waals surface area contributed by atoms with E-state index in [0.29, 0.717) is 17.8 Å². The fraction of sp³-hybridized carbons (Fsp3) is 0.636. The summed E-state index contributed by atoms with van der Waals surface area (Å²) in [5.74, 6) is 2.51. The SMILES string of the molecule is CC1CN(C(=NCC(=O)N(C)C)NCC2CCOC2)CCC1c1ccccc1.I. The van der Waals surface area contributed by atoms with Crippen LogP contribution in [0.25, 0.3) is 0 Å². The summed E-state index contributed by atoms with van der Waals surface area (Å²) >= 11 is 0. The first-order chi connectivity index (χ1) is 13.5. The molecule has 6 nitrogen and oxygen atoms in total. The number of rotatable bonds is 5. The minimum atomic E-state index is 0. The molecular weight excluding hydrogens is 479 g/mol. The minimum Gasteiger partial charge on any atom is -0.381 e. The average molecular weight is 514 g/mol. The topological polar surface area (TPSA) is 57.2 Å². The molecule has 0 saturated carbocycles. The first kappa shape index (κ1) is 23.9. The number of nitrogens with one attached hydrogen (secondary N) is 1. The van der Waals surface area contributed by atoms with Crippen LogP contribution < -0.4 is 5.32 Å². The number of carbonyl (C=O) groups excluding carboxylic acids is 1. The molecule has 7 heteroatoms. The molecule has 2 heterocycles. The number of benzene rings is 1. The van der Waals surface area contributed by atoms with Crippen LogP contribution in [-0.2, 0) is 9.53 Å². The molecule has 1 N–H and O–H groups in total. The zero-order valence-corrected chi connectivity index (χ0v) is 20.2. The number of nitrogens with zero attached hydrogens (tertiary/aromatic N) is 3. The van der Waals surface area contributed by atoms with E-state index in [4.69, 9.17) is 4.74 Å². The maximum atomic E-state index is 12.0. The molecule has 0 aliphatic carbocycles. The maximum absolute atomic E-state index is 12.0. The molecule has 3 atom stereocenters. The summed E-state index contributed by atoms with van der Waals surface area (Å²) in [6.45, 7) is 6.90. The standard InChI is InChI=1S/C22H34N4O2.HI/c1-17-15-26(11-9-20(17)19-7-5-4-6-8-19)22(24-14-21(27)25(2)3)23-13-18-10-12-28-16-18;/h4-8,17-18,20H,9-16H2,1-3H3,(H,23,24);1H. The van der Waals surface area contributed by atoms with Crippen LogP contribution >= 0.6 is 24.0 Å². The van der Waals surface area contributed by atoms with Gasteiger partial charge >= 0.3 is 0 Å². The van der Waals surface area contributed by atoms with Crippen molar-refractivity contribution in [2.45, 2.75) is 25.7 Å². The highest BCUT2D eigenvalue weighted by molar-refractivity contribution is 14.0. The second-order valence-electron chi connectivity index (χ2n) is 8.27. The number of amides is 1. The quantitative estimate of drug-likeness (QED) is 0.373. The van der Waals surface area contributed by atoms with Gasteiger partial charge < -0.3 is 19.9 Å². The Balaban J connectivity index is 0.00000300. The van der Waals surface area contributed by atoms with Crippen molar-refractivity contribution in [3.8, 4) is 0 Å². The van der Waals surface area contributed by atoms with Crippen molar-refractivity contribution < 1.29 is 9.53 Å². The number of ether oxygens (including phenoxy) is 1. The Morgan fingerprint density at radius 3 is 2.66 bits per heavy atom. The molecule has 162 valence electrons. The van der Waals surface area contributed by atoms with Gasteiger partial charge in [0.2, 0.25) is 5.91 Å². The van der Waals surface area contributed by atoms with Crippen molar-refractivity contribution in [2.24, 2.45) is 16.8 Å². The summed E-state index contributed by atoms with van der Waals surface area (Å²) in [4.78, 5) is 20.6. The summed E-state index contributed by atoms with van der Waals surface area (Å²) < 4.78 is 5.49. The fourth-order valence-corrected chi connectivity index (χ4v) is 4.06. The molecule has 2 saturated heterocycles. The molecule has 3 rings (SSSR count). The van der Waals surface area contributed by atoms with Crippen LogP contribution in [0.2, 0.25) is 0 Å². The molecule has 2 fully saturated rings. The van der Waals surface area contributed by atoms with E-state index in [0.717, 1.165) is 51.6 Å². The second kappa shape index (κ2) is 11.7. The number of hydrogen-bond donors (Lipinski definition) is 1. The van der Waals surface area contributed by atoms with Crippen molar-refractivity contribution in [3.05, 3.63) is 35.9 Å². The predicted octanol–water partition coefficient (Wildman–Crippen LogP) is 2.80. The van der Waals surface area contributed by atoms with Crippen LogP contribution in [0.5, 0.6) is 0 Å². The van der Waals surface area contributed by atoms with E-state index in [1.54, 1.807) is 19.0 Å². The Morgan fingerprint density at radius 1 is 1.28 bits per heavy atom. The number of likely N-dealkylation sites (tertiary alicyclic amines) is 1. The van der Waals surface area contributed by atoms with Crippen LogP contribution in [0, 0.1) is 11.8 Å². The lowest BCUT2D eigenvalue weighted by Crippen LogP contribution is -2.49. The molecule has 1 aromatic rings. The van der Waals surface area contributed by atoms with Gasteiger partial charge in [0.25, 0.3) is 0 Å². The van der Waals surface area contributed by atoms with Gasteiger partial charge in [-0.3, -0.25) is 4.79 Å². The van der Waals surface area contributed by atoms with Gasteiger partial charge in [-0.15, -0.1) is 24.0 Å². The summed E-state index contributed by atoms with van der Waals surface area (Å²) in [5.41, 5.74) is 1.42. The third-order valence-electron chi connectivity index (χ3n) is 5.87. The van der Waals surface area contributed by atoms with Crippen LogP contribution in [0.1, 0.15) is 31.2 Å². The number of piperidine rings is 1. The van der Waals surface area contributed by atoms with Gasteiger partial charge in [-0.2, -0.15) is 0 Å². The first-order valence-electron chi connectivity index (χ1n) is 10.4. The fourth-order valence-electron chi connectivity index (χ4n) is 4.06. The average Bonchev–Trinajstić information content (AvgIpc) is 3.22. The van der Waals surface area contributed by atoms with Crippen molar-refractivity contribution in [1.82, 2.24) is 15.1 Å². The molecule has 0 spiro atoms. The zero-order valence-electron chi connectivity index (χ0n) is 17.8. The monoisotopic (exact) mass is 514 g/mol. The molecular formula is C22H35IN4O2. The van der Waals surface area contributed by atoms with Gasteiger partial charge in [0.1, 0.15) is 6.54 Å². The summed E-state index contributed by atoms with van der Waals surface area (Å²) in [5, 5.41) is 3.53. The third kappa shape index (κ3) is 6.84. The Hall–Kier alpha value is -1.35. The van der Waals surface area contributed by atoms with Crippen molar-refractivity contribution in [3.63, 3.8) is 0 Å². The second-order valence-corrected chi connectivity index (χ2v) is 8.27. The normalized spacial score (nSPS) is 24.7. The highest BCUT2D eigenvalue weighted by Crippen LogP contribution is 2.32. The van der Waals surface area contributed by atoms with E-state index >= 15 is 0 Å².